The molecule has 1 unspecified atom stereocenters. The molecule has 0 saturated carbocycles. The molecule has 0 aliphatic carbocycles. The highest BCUT2D eigenvalue weighted by Gasteiger charge is 2.14. The van der Waals surface area contributed by atoms with Gasteiger partial charge < -0.3 is 5.32 Å². The Labute approximate surface area is 114 Å². The Morgan fingerprint density at radius 2 is 2.28 bits per heavy atom. The quantitative estimate of drug-likeness (QED) is 0.775. The summed E-state index contributed by atoms with van der Waals surface area (Å²) in [6, 6.07) is 1.87. The second kappa shape index (κ2) is 7.41. The number of amides is 1. The van der Waals surface area contributed by atoms with Crippen LogP contribution in [0.2, 0.25) is 0 Å². The molecule has 4 nitrogen and oxygen atoms in total. The summed E-state index contributed by atoms with van der Waals surface area (Å²) < 4.78 is 1.75. The standard InChI is InChI=1S/C13H22ClN3O/c1-4-11-8-12(17(5-2)16-11)13(18)15-9-10(3)6-7-14/h8,10H,4-7,9H2,1-3H3,(H,15,18). The molecule has 1 N–H and O–H groups in total. The molecule has 0 spiro atoms. The lowest BCUT2D eigenvalue weighted by atomic mass is 10.1. The van der Waals surface area contributed by atoms with Gasteiger partial charge in [-0.25, -0.2) is 0 Å². The number of halogens is 1. The predicted octanol–water partition coefficient (Wildman–Crippen LogP) is 2.46. The van der Waals surface area contributed by atoms with E-state index >= 15 is 0 Å². The van der Waals surface area contributed by atoms with E-state index in [2.05, 4.69) is 17.3 Å². The molecule has 1 aromatic heterocycles. The Morgan fingerprint density at radius 1 is 1.56 bits per heavy atom. The molecule has 5 heteroatoms. The SMILES string of the molecule is CCc1cc(C(=O)NCC(C)CCCl)n(CC)n1. The topological polar surface area (TPSA) is 46.9 Å². The minimum atomic E-state index is -0.0505. The molecular formula is C13H22ClN3O. The summed E-state index contributed by atoms with van der Waals surface area (Å²) >= 11 is 5.67. The third kappa shape index (κ3) is 4.02. The smallest absolute Gasteiger partial charge is 0.269 e. The number of carbonyl (C=O) groups is 1. The zero-order valence-electron chi connectivity index (χ0n) is 11.4. The van der Waals surface area contributed by atoms with Gasteiger partial charge in [0.2, 0.25) is 0 Å². The van der Waals surface area contributed by atoms with Crippen molar-refractivity contribution in [1.29, 1.82) is 0 Å². The van der Waals surface area contributed by atoms with Gasteiger partial charge in [-0.2, -0.15) is 5.10 Å². The van der Waals surface area contributed by atoms with Crippen molar-refractivity contribution >= 4 is 17.5 Å². The van der Waals surface area contributed by atoms with Crippen LogP contribution in [-0.2, 0) is 13.0 Å². The van der Waals surface area contributed by atoms with E-state index < -0.39 is 0 Å². The number of rotatable bonds is 7. The third-order valence-corrected chi connectivity index (χ3v) is 3.16. The Balaban J connectivity index is 2.63. The van der Waals surface area contributed by atoms with Crippen LogP contribution in [0.1, 0.15) is 43.4 Å². The first-order chi connectivity index (χ1) is 8.62. The van der Waals surface area contributed by atoms with Crippen molar-refractivity contribution in [2.45, 2.75) is 40.2 Å². The number of hydrogen-bond acceptors (Lipinski definition) is 2. The highest BCUT2D eigenvalue weighted by molar-refractivity contribution is 6.17. The molecule has 0 saturated heterocycles. The molecular weight excluding hydrogens is 250 g/mol. The monoisotopic (exact) mass is 271 g/mol. The molecule has 18 heavy (non-hydrogen) atoms. The van der Waals surface area contributed by atoms with Crippen molar-refractivity contribution < 1.29 is 4.79 Å². The van der Waals surface area contributed by atoms with Crippen molar-refractivity contribution in [2.24, 2.45) is 5.92 Å². The lowest BCUT2D eigenvalue weighted by Crippen LogP contribution is -2.30. The molecule has 0 bridgehead atoms. The molecule has 1 heterocycles. The van der Waals surface area contributed by atoms with Gasteiger partial charge in [-0.3, -0.25) is 9.48 Å². The Hall–Kier alpha value is -1.03. The normalized spacial score (nSPS) is 12.4. The maximum atomic E-state index is 12.1. The van der Waals surface area contributed by atoms with Crippen LogP contribution in [0, 0.1) is 5.92 Å². The van der Waals surface area contributed by atoms with Crippen LogP contribution in [0.15, 0.2) is 6.07 Å². The molecule has 0 radical (unpaired) electrons. The van der Waals surface area contributed by atoms with Gasteiger partial charge in [-0.05, 0) is 31.7 Å². The maximum Gasteiger partial charge on any atom is 0.269 e. The van der Waals surface area contributed by atoms with Gasteiger partial charge in [0.25, 0.3) is 5.91 Å². The minimum absolute atomic E-state index is 0.0505. The van der Waals surface area contributed by atoms with Gasteiger partial charge in [0.05, 0.1) is 5.69 Å². The molecule has 102 valence electrons. The number of nitrogens with one attached hydrogen (secondary N) is 1. The van der Waals surface area contributed by atoms with Crippen LogP contribution in [0.4, 0.5) is 0 Å². The van der Waals surface area contributed by atoms with E-state index in [4.69, 9.17) is 11.6 Å². The number of alkyl halides is 1. The van der Waals surface area contributed by atoms with Crippen molar-refractivity contribution in [3.05, 3.63) is 17.5 Å². The van der Waals surface area contributed by atoms with Gasteiger partial charge >= 0.3 is 0 Å². The van der Waals surface area contributed by atoms with E-state index in [0.717, 1.165) is 18.5 Å². The van der Waals surface area contributed by atoms with E-state index in [1.807, 2.05) is 19.9 Å². The number of aryl methyl sites for hydroxylation is 2. The van der Waals surface area contributed by atoms with E-state index in [1.165, 1.54) is 0 Å². The first-order valence-electron chi connectivity index (χ1n) is 6.53. The number of nitrogens with zero attached hydrogens (tertiary/aromatic N) is 2. The van der Waals surface area contributed by atoms with Crippen LogP contribution in [0.25, 0.3) is 0 Å². The van der Waals surface area contributed by atoms with Crippen LogP contribution in [0.3, 0.4) is 0 Å². The summed E-state index contributed by atoms with van der Waals surface area (Å²) in [5.41, 5.74) is 1.60. The van der Waals surface area contributed by atoms with Crippen LogP contribution < -0.4 is 5.32 Å². The van der Waals surface area contributed by atoms with Crippen molar-refractivity contribution in [2.75, 3.05) is 12.4 Å². The molecule has 1 aromatic rings. The summed E-state index contributed by atoms with van der Waals surface area (Å²) in [7, 11) is 0. The zero-order chi connectivity index (χ0) is 13.5. The van der Waals surface area contributed by atoms with E-state index in [9.17, 15) is 4.79 Å². The molecule has 1 rings (SSSR count). The number of carbonyl (C=O) groups excluding carboxylic acids is 1. The average Bonchev–Trinajstić information content (AvgIpc) is 2.79. The minimum Gasteiger partial charge on any atom is -0.350 e. The largest absolute Gasteiger partial charge is 0.350 e. The van der Waals surface area contributed by atoms with Crippen LogP contribution >= 0.6 is 11.6 Å². The summed E-state index contributed by atoms with van der Waals surface area (Å²) in [5, 5.41) is 7.30. The lowest BCUT2D eigenvalue weighted by Gasteiger charge is -2.11. The second-order valence-electron chi connectivity index (χ2n) is 4.48. The predicted molar refractivity (Wildman–Crippen MR) is 74.1 cm³/mol. The molecule has 0 aliphatic rings. The third-order valence-electron chi connectivity index (χ3n) is 2.94. The fourth-order valence-corrected chi connectivity index (χ4v) is 2.09. The molecule has 0 fully saturated rings. The Bertz CT molecular complexity index is 390. The molecule has 0 aliphatic heterocycles. The van der Waals surface area contributed by atoms with E-state index in [1.54, 1.807) is 4.68 Å². The number of hydrogen-bond donors (Lipinski definition) is 1. The highest BCUT2D eigenvalue weighted by atomic mass is 35.5. The zero-order valence-corrected chi connectivity index (χ0v) is 12.1. The summed E-state index contributed by atoms with van der Waals surface area (Å²) in [5.74, 6) is 0.977. The van der Waals surface area contributed by atoms with E-state index in [-0.39, 0.29) is 5.91 Å². The molecule has 0 aromatic carbocycles. The first-order valence-corrected chi connectivity index (χ1v) is 7.06. The van der Waals surface area contributed by atoms with Crippen molar-refractivity contribution in [3.63, 3.8) is 0 Å². The molecule has 1 amide bonds. The van der Waals surface area contributed by atoms with Gasteiger partial charge in [-0.1, -0.05) is 13.8 Å². The number of aromatic nitrogens is 2. The maximum absolute atomic E-state index is 12.1. The van der Waals surface area contributed by atoms with Crippen molar-refractivity contribution in [3.8, 4) is 0 Å². The van der Waals surface area contributed by atoms with Crippen LogP contribution in [-0.4, -0.2) is 28.1 Å². The fraction of sp³-hybridized carbons (Fsp3) is 0.692. The Kier molecular flexibility index (Phi) is 6.19. The van der Waals surface area contributed by atoms with Crippen LogP contribution in [0.5, 0.6) is 0 Å². The average molecular weight is 272 g/mol. The summed E-state index contributed by atoms with van der Waals surface area (Å²) in [6.45, 7) is 7.46. The van der Waals surface area contributed by atoms with Gasteiger partial charge in [-0.15, -0.1) is 11.6 Å². The highest BCUT2D eigenvalue weighted by Crippen LogP contribution is 2.07. The fourth-order valence-electron chi connectivity index (χ4n) is 1.71. The first kappa shape index (κ1) is 15.0. The van der Waals surface area contributed by atoms with Gasteiger partial charge in [0.15, 0.2) is 0 Å². The Morgan fingerprint density at radius 3 is 2.83 bits per heavy atom. The lowest BCUT2D eigenvalue weighted by molar-refractivity contribution is 0.0937. The van der Waals surface area contributed by atoms with E-state index in [0.29, 0.717) is 30.6 Å². The summed E-state index contributed by atoms with van der Waals surface area (Å²) in [4.78, 5) is 12.1. The van der Waals surface area contributed by atoms with Gasteiger partial charge in [0, 0.05) is 19.0 Å². The summed E-state index contributed by atoms with van der Waals surface area (Å²) in [6.07, 6.45) is 1.75. The molecule has 1 atom stereocenters. The van der Waals surface area contributed by atoms with Gasteiger partial charge in [0.1, 0.15) is 5.69 Å². The van der Waals surface area contributed by atoms with Crippen molar-refractivity contribution in [1.82, 2.24) is 15.1 Å². The second-order valence-corrected chi connectivity index (χ2v) is 4.86.